The van der Waals surface area contributed by atoms with E-state index in [4.69, 9.17) is 5.73 Å². The highest BCUT2D eigenvalue weighted by atomic mass is 16.4. The molecule has 1 aromatic rings. The van der Waals surface area contributed by atoms with Gasteiger partial charge in [0.1, 0.15) is 17.8 Å². The van der Waals surface area contributed by atoms with Crippen LogP contribution in [0.4, 0.5) is 0 Å². The summed E-state index contributed by atoms with van der Waals surface area (Å²) in [5.74, 6) is -3.62. The number of amides is 3. The van der Waals surface area contributed by atoms with Crippen LogP contribution in [0.5, 0.6) is 5.75 Å². The Morgan fingerprint density at radius 3 is 2.10 bits per heavy atom. The number of aromatic hydroxyl groups is 1. The number of rotatable bonds is 11. The summed E-state index contributed by atoms with van der Waals surface area (Å²) in [7, 11) is 0. The summed E-state index contributed by atoms with van der Waals surface area (Å²) in [5.41, 5.74) is 6.21. The van der Waals surface area contributed by atoms with Crippen molar-refractivity contribution in [1.82, 2.24) is 16.0 Å². The van der Waals surface area contributed by atoms with E-state index in [1.165, 1.54) is 24.3 Å². The number of benzene rings is 1. The average molecular weight is 424 g/mol. The van der Waals surface area contributed by atoms with Gasteiger partial charge in [0.2, 0.25) is 17.7 Å². The van der Waals surface area contributed by atoms with Crippen molar-refractivity contribution >= 4 is 23.7 Å². The van der Waals surface area contributed by atoms with Crippen LogP contribution in [0.2, 0.25) is 0 Å². The quantitative estimate of drug-likeness (QED) is 0.214. The van der Waals surface area contributed by atoms with E-state index >= 15 is 0 Å². The number of carbonyl (C=O) groups is 4. The summed E-state index contributed by atoms with van der Waals surface area (Å²) in [6.45, 7) is 2.25. The number of aliphatic hydroxyl groups excluding tert-OH is 1. The number of carboxylic acid groups (broad SMARTS) is 1. The van der Waals surface area contributed by atoms with Gasteiger partial charge in [-0.1, -0.05) is 26.0 Å². The second-order valence-electron chi connectivity index (χ2n) is 7.06. The van der Waals surface area contributed by atoms with Crippen LogP contribution in [-0.2, 0) is 25.6 Å². The summed E-state index contributed by atoms with van der Waals surface area (Å²) in [6, 6.07) is 2.25. The third kappa shape index (κ3) is 8.05. The van der Waals surface area contributed by atoms with E-state index < -0.39 is 55.0 Å². The van der Waals surface area contributed by atoms with Gasteiger partial charge in [-0.3, -0.25) is 14.4 Å². The molecule has 0 bridgehead atoms. The van der Waals surface area contributed by atoms with Gasteiger partial charge in [-0.25, -0.2) is 4.79 Å². The van der Waals surface area contributed by atoms with E-state index in [1.54, 1.807) is 13.8 Å². The molecular weight excluding hydrogens is 396 g/mol. The number of hydrogen-bond donors (Lipinski definition) is 7. The molecule has 0 aliphatic carbocycles. The maximum absolute atomic E-state index is 12.3. The normalized spacial score (nSPS) is 13.8. The highest BCUT2D eigenvalue weighted by molar-refractivity contribution is 5.92. The molecule has 0 heterocycles. The zero-order valence-corrected chi connectivity index (χ0v) is 16.8. The molecule has 0 aliphatic heterocycles. The van der Waals surface area contributed by atoms with E-state index in [0.717, 1.165) is 0 Å². The van der Waals surface area contributed by atoms with E-state index in [9.17, 15) is 34.5 Å². The first-order valence-corrected chi connectivity index (χ1v) is 9.29. The number of carbonyl (C=O) groups excluding carboxylic acids is 3. The Bertz CT molecular complexity index is 752. The number of phenols is 1. The molecule has 0 spiro atoms. The van der Waals surface area contributed by atoms with Crippen molar-refractivity contribution < 1.29 is 34.5 Å². The third-order valence-electron chi connectivity index (χ3n) is 4.27. The number of aliphatic hydroxyl groups is 1. The van der Waals surface area contributed by atoms with Gasteiger partial charge in [0.05, 0.1) is 19.2 Å². The molecule has 0 aromatic heterocycles. The number of carboxylic acids is 1. The molecule has 166 valence electrons. The molecule has 0 saturated heterocycles. The van der Waals surface area contributed by atoms with Crippen LogP contribution in [-0.4, -0.2) is 70.3 Å². The molecule has 0 radical (unpaired) electrons. The fraction of sp³-hybridized carbons (Fsp3) is 0.474. The van der Waals surface area contributed by atoms with Crippen LogP contribution < -0.4 is 21.7 Å². The van der Waals surface area contributed by atoms with Gasteiger partial charge in [-0.05, 0) is 23.6 Å². The van der Waals surface area contributed by atoms with E-state index in [-0.39, 0.29) is 18.1 Å². The Balaban J connectivity index is 2.64. The summed E-state index contributed by atoms with van der Waals surface area (Å²) in [4.78, 5) is 47.5. The molecule has 1 rings (SSSR count). The second kappa shape index (κ2) is 11.7. The SMILES string of the molecule is CC(C)[C@H](N)C(=O)NCC(=O)N[C@@H](CO)C(=O)N[C@@H](Cc1ccc(O)cc1)C(=O)O. The maximum atomic E-state index is 12.3. The standard InChI is InChI=1S/C19H28N4O7/c1-10(2)16(20)18(28)21-8-15(26)22-14(9-24)17(27)23-13(19(29)30)7-11-3-5-12(25)6-4-11/h3-6,10,13-14,16,24-25H,7-9,20H2,1-2H3,(H,21,28)(H,22,26)(H,23,27)(H,29,30)/t13-,14-,16-/m0/s1. The lowest BCUT2D eigenvalue weighted by Gasteiger charge is -2.20. The smallest absolute Gasteiger partial charge is 0.326 e. The lowest BCUT2D eigenvalue weighted by molar-refractivity contribution is -0.142. The van der Waals surface area contributed by atoms with Crippen molar-refractivity contribution in [1.29, 1.82) is 0 Å². The van der Waals surface area contributed by atoms with E-state index in [2.05, 4.69) is 16.0 Å². The zero-order chi connectivity index (χ0) is 22.8. The van der Waals surface area contributed by atoms with Crippen molar-refractivity contribution in [2.45, 2.75) is 38.4 Å². The zero-order valence-electron chi connectivity index (χ0n) is 16.8. The van der Waals surface area contributed by atoms with Crippen molar-refractivity contribution in [3.8, 4) is 5.75 Å². The Hall–Kier alpha value is -3.18. The highest BCUT2D eigenvalue weighted by Gasteiger charge is 2.26. The summed E-state index contributed by atoms with van der Waals surface area (Å²) in [5, 5.41) is 34.8. The molecule has 0 unspecified atom stereocenters. The molecular formula is C19H28N4O7. The van der Waals surface area contributed by atoms with Crippen LogP contribution in [0, 0.1) is 5.92 Å². The first-order chi connectivity index (χ1) is 14.0. The monoisotopic (exact) mass is 424 g/mol. The van der Waals surface area contributed by atoms with Gasteiger partial charge in [0.15, 0.2) is 0 Å². The predicted octanol–water partition coefficient (Wildman–Crippen LogP) is -1.92. The highest BCUT2D eigenvalue weighted by Crippen LogP contribution is 2.11. The van der Waals surface area contributed by atoms with Crippen LogP contribution in [0.1, 0.15) is 19.4 Å². The Morgan fingerprint density at radius 1 is 1.00 bits per heavy atom. The predicted molar refractivity (Wildman–Crippen MR) is 106 cm³/mol. The molecule has 0 aliphatic rings. The number of phenolic OH excluding ortho intramolecular Hbond substituents is 1. The van der Waals surface area contributed by atoms with Crippen LogP contribution in [0.15, 0.2) is 24.3 Å². The summed E-state index contributed by atoms with van der Waals surface area (Å²) >= 11 is 0. The largest absolute Gasteiger partial charge is 0.508 e. The molecule has 8 N–H and O–H groups in total. The molecule has 11 nitrogen and oxygen atoms in total. The Morgan fingerprint density at radius 2 is 1.60 bits per heavy atom. The van der Waals surface area contributed by atoms with Crippen molar-refractivity contribution in [3.05, 3.63) is 29.8 Å². The number of nitrogens with one attached hydrogen (secondary N) is 3. The average Bonchev–Trinajstić information content (AvgIpc) is 2.70. The Kier molecular flexibility index (Phi) is 9.72. The van der Waals surface area contributed by atoms with Crippen molar-refractivity contribution in [2.24, 2.45) is 11.7 Å². The fourth-order valence-corrected chi connectivity index (χ4v) is 2.37. The molecule has 0 saturated carbocycles. The van der Waals surface area contributed by atoms with Gasteiger partial charge in [-0.2, -0.15) is 0 Å². The molecule has 11 heteroatoms. The fourth-order valence-electron chi connectivity index (χ4n) is 2.37. The van der Waals surface area contributed by atoms with Crippen LogP contribution in [0.25, 0.3) is 0 Å². The molecule has 1 aromatic carbocycles. The van der Waals surface area contributed by atoms with Crippen LogP contribution >= 0.6 is 0 Å². The second-order valence-corrected chi connectivity index (χ2v) is 7.06. The van der Waals surface area contributed by atoms with Gasteiger partial charge in [0, 0.05) is 6.42 Å². The minimum absolute atomic E-state index is 0.0131. The molecule has 3 atom stereocenters. The lowest BCUT2D eigenvalue weighted by Crippen LogP contribution is -2.55. The van der Waals surface area contributed by atoms with Gasteiger partial charge in [-0.15, -0.1) is 0 Å². The maximum Gasteiger partial charge on any atom is 0.326 e. The van der Waals surface area contributed by atoms with Gasteiger partial charge in [0.25, 0.3) is 0 Å². The van der Waals surface area contributed by atoms with Gasteiger partial charge >= 0.3 is 5.97 Å². The number of nitrogens with two attached hydrogens (primary N) is 1. The summed E-state index contributed by atoms with van der Waals surface area (Å²) < 4.78 is 0. The van der Waals surface area contributed by atoms with Gasteiger partial charge < -0.3 is 37.0 Å². The third-order valence-corrected chi connectivity index (χ3v) is 4.27. The minimum Gasteiger partial charge on any atom is -0.508 e. The molecule has 0 fully saturated rings. The number of aliphatic carboxylic acids is 1. The van der Waals surface area contributed by atoms with E-state index in [1.807, 2.05) is 0 Å². The number of hydrogen-bond acceptors (Lipinski definition) is 7. The topological polar surface area (TPSA) is 191 Å². The van der Waals surface area contributed by atoms with Crippen molar-refractivity contribution in [2.75, 3.05) is 13.2 Å². The molecule has 30 heavy (non-hydrogen) atoms. The first-order valence-electron chi connectivity index (χ1n) is 9.29. The summed E-state index contributed by atoms with van der Waals surface area (Å²) in [6.07, 6.45) is -0.0728. The minimum atomic E-state index is -1.41. The molecule has 3 amide bonds. The Labute approximate surface area is 173 Å². The lowest BCUT2D eigenvalue weighted by atomic mass is 10.1. The first kappa shape index (κ1) is 24.9. The van der Waals surface area contributed by atoms with E-state index in [0.29, 0.717) is 5.56 Å². The van der Waals surface area contributed by atoms with Crippen LogP contribution in [0.3, 0.4) is 0 Å². The van der Waals surface area contributed by atoms with Crippen molar-refractivity contribution in [3.63, 3.8) is 0 Å².